The molecule has 8 heteroatoms. The van der Waals surface area contributed by atoms with E-state index >= 15 is 0 Å². The number of hydrogen-bond donors (Lipinski definition) is 2. The number of benzene rings is 1. The fraction of sp³-hybridized carbons (Fsp3) is 0.188. The maximum atomic E-state index is 14.3. The Bertz CT molecular complexity index is 864. The molecule has 1 atom stereocenters. The van der Waals surface area contributed by atoms with Crippen molar-refractivity contribution >= 4 is 35.1 Å². The third kappa shape index (κ3) is 3.09. The van der Waals surface area contributed by atoms with Crippen LogP contribution in [0.2, 0.25) is 5.02 Å². The molecule has 0 saturated carbocycles. The Labute approximate surface area is 146 Å². The number of aromatic nitrogens is 2. The molecule has 1 aliphatic rings. The number of hydrogen-bond acceptors (Lipinski definition) is 4. The van der Waals surface area contributed by atoms with Crippen molar-refractivity contribution in [3.05, 3.63) is 63.2 Å². The normalized spacial score (nSPS) is 16.4. The van der Waals surface area contributed by atoms with Gasteiger partial charge in [0.25, 0.3) is 5.56 Å². The number of halogens is 2. The maximum absolute atomic E-state index is 14.3. The maximum Gasteiger partial charge on any atom is 0.257 e. The van der Waals surface area contributed by atoms with E-state index in [-0.39, 0.29) is 34.3 Å². The number of H-pyrrole nitrogens is 1. The van der Waals surface area contributed by atoms with Crippen LogP contribution in [0.15, 0.2) is 40.8 Å². The molecule has 24 heavy (non-hydrogen) atoms. The summed E-state index contributed by atoms with van der Waals surface area (Å²) in [5.41, 5.74) is -0.0745. The molecule has 1 unspecified atom stereocenters. The van der Waals surface area contributed by atoms with Crippen molar-refractivity contribution in [1.82, 2.24) is 9.97 Å². The van der Waals surface area contributed by atoms with Gasteiger partial charge in [-0.1, -0.05) is 35.5 Å². The van der Waals surface area contributed by atoms with Gasteiger partial charge in [0.05, 0.1) is 5.56 Å². The molecule has 2 N–H and O–H groups in total. The van der Waals surface area contributed by atoms with E-state index in [4.69, 9.17) is 11.6 Å². The van der Waals surface area contributed by atoms with E-state index in [1.54, 1.807) is 6.08 Å². The highest BCUT2D eigenvalue weighted by Crippen LogP contribution is 2.38. The fourth-order valence-electron chi connectivity index (χ4n) is 2.65. The van der Waals surface area contributed by atoms with Crippen molar-refractivity contribution < 1.29 is 9.18 Å². The number of amides is 1. The van der Waals surface area contributed by atoms with Gasteiger partial charge in [-0.25, -0.2) is 9.37 Å². The van der Waals surface area contributed by atoms with Crippen molar-refractivity contribution in [2.75, 3.05) is 11.1 Å². The number of thioether (sulfide) groups is 1. The summed E-state index contributed by atoms with van der Waals surface area (Å²) in [5.74, 6) is -0.983. The second-order valence-corrected chi connectivity index (χ2v) is 6.59. The quantitative estimate of drug-likeness (QED) is 0.495. The van der Waals surface area contributed by atoms with Gasteiger partial charge in [-0.2, -0.15) is 0 Å². The Morgan fingerprint density at radius 3 is 2.92 bits per heavy atom. The molecule has 0 radical (unpaired) electrons. The molecular formula is C16H13ClFN3O2S. The lowest BCUT2D eigenvalue weighted by Gasteiger charge is -2.25. The van der Waals surface area contributed by atoms with Crippen LogP contribution in [0.25, 0.3) is 0 Å². The van der Waals surface area contributed by atoms with Crippen LogP contribution in [-0.4, -0.2) is 21.6 Å². The van der Waals surface area contributed by atoms with Crippen molar-refractivity contribution in [1.29, 1.82) is 0 Å². The van der Waals surface area contributed by atoms with Crippen LogP contribution in [0, 0.1) is 5.82 Å². The Hall–Kier alpha value is -2.12. The minimum absolute atomic E-state index is 0.0719. The summed E-state index contributed by atoms with van der Waals surface area (Å²) in [6.45, 7) is 3.60. The number of carbonyl (C=O) groups excluding carboxylic acids is 1. The molecule has 124 valence electrons. The van der Waals surface area contributed by atoms with Crippen LogP contribution >= 0.6 is 23.4 Å². The summed E-state index contributed by atoms with van der Waals surface area (Å²) in [7, 11) is 0. The van der Waals surface area contributed by atoms with Crippen LogP contribution in [0.3, 0.4) is 0 Å². The second-order valence-electron chi connectivity index (χ2n) is 5.17. The summed E-state index contributed by atoms with van der Waals surface area (Å²) >= 11 is 7.39. The monoisotopic (exact) mass is 365 g/mol. The summed E-state index contributed by atoms with van der Waals surface area (Å²) in [5, 5.41) is 3.11. The van der Waals surface area contributed by atoms with Crippen molar-refractivity contribution in [2.24, 2.45) is 0 Å². The number of fused-ring (bicyclic) bond motifs is 1. The van der Waals surface area contributed by atoms with E-state index in [0.717, 1.165) is 0 Å². The first-order chi connectivity index (χ1) is 11.5. The molecule has 0 aliphatic carbocycles. The lowest BCUT2D eigenvalue weighted by molar-refractivity contribution is -0.116. The Morgan fingerprint density at radius 1 is 1.42 bits per heavy atom. The third-order valence-corrected chi connectivity index (χ3v) is 4.81. The molecule has 0 saturated heterocycles. The topological polar surface area (TPSA) is 74.8 Å². The smallest absolute Gasteiger partial charge is 0.257 e. The number of aromatic amines is 1. The summed E-state index contributed by atoms with van der Waals surface area (Å²) in [6.07, 6.45) is 1.60. The third-order valence-electron chi connectivity index (χ3n) is 3.62. The van der Waals surface area contributed by atoms with E-state index in [0.29, 0.717) is 10.9 Å². The van der Waals surface area contributed by atoms with Gasteiger partial charge >= 0.3 is 0 Å². The number of carbonyl (C=O) groups is 1. The van der Waals surface area contributed by atoms with Crippen LogP contribution < -0.4 is 10.9 Å². The number of nitrogens with zero attached hydrogens (tertiary/aromatic N) is 1. The molecule has 0 bridgehead atoms. The van der Waals surface area contributed by atoms with Gasteiger partial charge in [0.15, 0.2) is 5.16 Å². The predicted octanol–water partition coefficient (Wildman–Crippen LogP) is 3.31. The van der Waals surface area contributed by atoms with E-state index < -0.39 is 17.3 Å². The lowest BCUT2D eigenvalue weighted by atomic mass is 9.86. The summed E-state index contributed by atoms with van der Waals surface area (Å²) in [4.78, 5) is 31.4. The number of nitrogens with one attached hydrogen (secondary N) is 2. The highest BCUT2D eigenvalue weighted by molar-refractivity contribution is 7.99. The predicted molar refractivity (Wildman–Crippen MR) is 92.3 cm³/mol. The molecule has 2 aromatic rings. The van der Waals surface area contributed by atoms with Gasteiger partial charge in [0.1, 0.15) is 11.6 Å². The van der Waals surface area contributed by atoms with Gasteiger partial charge in [-0.05, 0) is 12.1 Å². The van der Waals surface area contributed by atoms with E-state index in [1.807, 2.05) is 0 Å². The first kappa shape index (κ1) is 16.7. The zero-order chi connectivity index (χ0) is 17.3. The SMILES string of the molecule is C=CCSc1nc2c(c(=O)[nH]1)C(c1c(F)cccc1Cl)CC(=O)N2. The molecule has 2 heterocycles. The van der Waals surface area contributed by atoms with Crippen LogP contribution in [-0.2, 0) is 4.79 Å². The van der Waals surface area contributed by atoms with Gasteiger partial charge in [-0.15, -0.1) is 6.58 Å². The first-order valence-electron chi connectivity index (χ1n) is 7.13. The van der Waals surface area contributed by atoms with E-state index in [9.17, 15) is 14.0 Å². The van der Waals surface area contributed by atoms with E-state index in [2.05, 4.69) is 21.9 Å². The van der Waals surface area contributed by atoms with Gasteiger partial charge in [-0.3, -0.25) is 9.59 Å². The Morgan fingerprint density at radius 2 is 2.21 bits per heavy atom. The molecule has 3 rings (SSSR count). The molecule has 5 nitrogen and oxygen atoms in total. The highest BCUT2D eigenvalue weighted by atomic mass is 35.5. The number of anilines is 1. The standard InChI is InChI=1S/C16H13ClFN3O2S/c1-2-6-24-16-20-14-13(15(23)21-16)8(7-11(22)19-14)12-9(17)4-3-5-10(12)18/h2-5,8H,1,6-7H2,(H2,19,20,21,22,23). The van der Waals surface area contributed by atoms with Crippen LogP contribution in [0.5, 0.6) is 0 Å². The molecule has 1 aromatic heterocycles. The number of rotatable bonds is 4. The van der Waals surface area contributed by atoms with Gasteiger partial charge < -0.3 is 10.3 Å². The second kappa shape index (κ2) is 6.78. The molecule has 1 aromatic carbocycles. The fourth-order valence-corrected chi connectivity index (χ4v) is 3.54. The summed E-state index contributed by atoms with van der Waals surface area (Å²) < 4.78 is 14.3. The Kier molecular flexibility index (Phi) is 4.73. The average molecular weight is 366 g/mol. The molecule has 0 spiro atoms. The van der Waals surface area contributed by atoms with Crippen LogP contribution in [0.4, 0.5) is 10.2 Å². The van der Waals surface area contributed by atoms with Crippen LogP contribution in [0.1, 0.15) is 23.5 Å². The molecule has 0 fully saturated rings. The highest BCUT2D eigenvalue weighted by Gasteiger charge is 2.33. The molecular weight excluding hydrogens is 353 g/mol. The Balaban J connectivity index is 2.15. The molecule has 1 aliphatic heterocycles. The van der Waals surface area contributed by atoms with Gasteiger partial charge in [0, 0.05) is 28.7 Å². The minimum Gasteiger partial charge on any atom is -0.310 e. The zero-order valence-electron chi connectivity index (χ0n) is 12.4. The largest absolute Gasteiger partial charge is 0.310 e. The van der Waals surface area contributed by atoms with E-state index in [1.165, 1.54) is 30.0 Å². The summed E-state index contributed by atoms with van der Waals surface area (Å²) in [6, 6.07) is 4.26. The van der Waals surface area contributed by atoms with Crippen molar-refractivity contribution in [3.8, 4) is 0 Å². The first-order valence-corrected chi connectivity index (χ1v) is 8.49. The zero-order valence-corrected chi connectivity index (χ0v) is 14.0. The minimum atomic E-state index is -0.780. The van der Waals surface area contributed by atoms with Crippen molar-refractivity contribution in [3.63, 3.8) is 0 Å². The van der Waals surface area contributed by atoms with Crippen molar-refractivity contribution in [2.45, 2.75) is 17.5 Å². The van der Waals surface area contributed by atoms with Gasteiger partial charge in [0.2, 0.25) is 5.91 Å². The lowest BCUT2D eigenvalue weighted by Crippen LogP contribution is -2.31. The average Bonchev–Trinajstić information content (AvgIpc) is 2.52. The molecule has 1 amide bonds.